The normalized spacial score (nSPS) is 19.2. The molecule has 0 bridgehead atoms. The van der Waals surface area contributed by atoms with E-state index in [1.807, 2.05) is 0 Å². The maximum absolute atomic E-state index is 13.2. The lowest BCUT2D eigenvalue weighted by Gasteiger charge is -2.40. The van der Waals surface area contributed by atoms with Crippen molar-refractivity contribution in [1.29, 1.82) is 0 Å². The van der Waals surface area contributed by atoms with Crippen LogP contribution in [0.3, 0.4) is 0 Å². The standard InChI is InChI=1S/C70H135NO10/c1-3-5-7-9-11-13-15-17-19-21-22-23-24-25-26-27-28-29-30-31-32-33-34-35-36-37-38-39-40-41-42-44-46-48-50-52-54-56-58-63(74)69(79)71-61(60-80-70-68(78)67(77)66(76)64(59-72)81-70)65(75)62(73)57-55-53-51-49-47-45-43-20-18-16-14-12-10-8-6-4-2/h28-29,31-32,61-68,70,72-78H,3-27,30,33-60H2,1-2H3,(H,71,79)/b29-28-,32-31-. The quantitative estimate of drug-likeness (QED) is 0.0215. The predicted molar refractivity (Wildman–Crippen MR) is 339 cm³/mol. The lowest BCUT2D eigenvalue weighted by Crippen LogP contribution is -2.60. The number of hydrogen-bond acceptors (Lipinski definition) is 10. The van der Waals surface area contributed by atoms with Crippen LogP contribution in [0.15, 0.2) is 24.3 Å². The molecule has 1 amide bonds. The van der Waals surface area contributed by atoms with E-state index in [-0.39, 0.29) is 6.42 Å². The van der Waals surface area contributed by atoms with E-state index in [1.165, 1.54) is 263 Å². The highest BCUT2D eigenvalue weighted by Gasteiger charge is 2.44. The first-order valence-corrected chi connectivity index (χ1v) is 35.2. The van der Waals surface area contributed by atoms with Gasteiger partial charge in [0.25, 0.3) is 0 Å². The Morgan fingerprint density at radius 2 is 0.753 bits per heavy atom. The van der Waals surface area contributed by atoms with Gasteiger partial charge in [-0.2, -0.15) is 0 Å². The van der Waals surface area contributed by atoms with E-state index in [2.05, 4.69) is 43.5 Å². The molecule has 0 saturated carbocycles. The number of ether oxygens (including phenoxy) is 2. The maximum atomic E-state index is 13.2. The molecule has 11 nitrogen and oxygen atoms in total. The van der Waals surface area contributed by atoms with Crippen molar-refractivity contribution < 1.29 is 50.0 Å². The highest BCUT2D eigenvalue weighted by molar-refractivity contribution is 5.80. The molecule has 0 aromatic heterocycles. The van der Waals surface area contributed by atoms with E-state index in [0.717, 1.165) is 44.9 Å². The Morgan fingerprint density at radius 1 is 0.432 bits per heavy atom. The molecular formula is C70H135NO10. The van der Waals surface area contributed by atoms with Gasteiger partial charge in [-0.15, -0.1) is 0 Å². The fourth-order valence-corrected chi connectivity index (χ4v) is 11.6. The van der Waals surface area contributed by atoms with Gasteiger partial charge in [0.2, 0.25) is 5.91 Å². The SMILES string of the molecule is CCCCCCCCCCCCCCCCC/C=C\C/C=C\CCCCCCCCCCCCCCCCCCC(O)C(=O)NC(COC1OC(CO)C(O)C(O)C1O)C(O)C(O)CCCCCCCCCCCCCCCCCC. The molecule has 0 spiro atoms. The van der Waals surface area contributed by atoms with Gasteiger partial charge < -0.3 is 50.5 Å². The van der Waals surface area contributed by atoms with Crippen LogP contribution in [0.1, 0.15) is 348 Å². The molecule has 9 atom stereocenters. The van der Waals surface area contributed by atoms with Crippen molar-refractivity contribution >= 4 is 5.91 Å². The van der Waals surface area contributed by atoms with Crippen LogP contribution in [0.4, 0.5) is 0 Å². The molecule has 0 aromatic carbocycles. The van der Waals surface area contributed by atoms with Gasteiger partial charge in [0, 0.05) is 0 Å². The summed E-state index contributed by atoms with van der Waals surface area (Å²) in [6.07, 6.45) is 62.8. The summed E-state index contributed by atoms with van der Waals surface area (Å²) in [6, 6.07) is -1.17. The zero-order chi connectivity index (χ0) is 58.9. The second-order valence-corrected chi connectivity index (χ2v) is 25.0. The summed E-state index contributed by atoms with van der Waals surface area (Å²) < 4.78 is 11.2. The number of allylic oxidation sites excluding steroid dienone is 4. The van der Waals surface area contributed by atoms with Gasteiger partial charge in [-0.25, -0.2) is 0 Å². The van der Waals surface area contributed by atoms with Gasteiger partial charge in [-0.1, -0.05) is 327 Å². The summed E-state index contributed by atoms with van der Waals surface area (Å²) >= 11 is 0. The Bertz CT molecular complexity index is 1370. The first-order chi connectivity index (χ1) is 39.7. The Labute approximate surface area is 499 Å². The summed E-state index contributed by atoms with van der Waals surface area (Å²) in [4.78, 5) is 13.2. The van der Waals surface area contributed by atoms with Crippen LogP contribution in [0.25, 0.3) is 0 Å². The number of carbonyl (C=O) groups is 1. The van der Waals surface area contributed by atoms with Crippen LogP contribution in [-0.2, 0) is 14.3 Å². The first kappa shape index (κ1) is 77.6. The molecule has 9 unspecified atom stereocenters. The van der Waals surface area contributed by atoms with Crippen LogP contribution in [0, 0.1) is 0 Å². The lowest BCUT2D eigenvalue weighted by molar-refractivity contribution is -0.303. The number of nitrogens with one attached hydrogen (secondary N) is 1. The van der Waals surface area contributed by atoms with Crippen LogP contribution in [0.2, 0.25) is 0 Å². The molecular weight excluding hydrogens is 1010 g/mol. The van der Waals surface area contributed by atoms with E-state index >= 15 is 0 Å². The third kappa shape index (κ3) is 46.5. The number of amides is 1. The Kier molecular flexibility index (Phi) is 56.5. The Balaban J connectivity index is 2.12. The molecule has 0 radical (unpaired) electrons. The molecule has 1 fully saturated rings. The minimum atomic E-state index is -1.66. The van der Waals surface area contributed by atoms with Crippen LogP contribution in [0.5, 0.6) is 0 Å². The topological polar surface area (TPSA) is 189 Å². The highest BCUT2D eigenvalue weighted by atomic mass is 16.7. The number of hydrogen-bond donors (Lipinski definition) is 8. The average molecular weight is 1150 g/mol. The largest absolute Gasteiger partial charge is 0.394 e. The number of unbranched alkanes of at least 4 members (excludes halogenated alkanes) is 46. The molecule has 1 aliphatic rings. The van der Waals surface area contributed by atoms with E-state index in [0.29, 0.717) is 19.3 Å². The van der Waals surface area contributed by atoms with Crippen molar-refractivity contribution in [2.75, 3.05) is 13.2 Å². The van der Waals surface area contributed by atoms with Gasteiger partial charge in [-0.05, 0) is 44.9 Å². The summed E-state index contributed by atoms with van der Waals surface area (Å²) in [6.45, 7) is 3.50. The number of carbonyl (C=O) groups excluding carboxylic acids is 1. The Hall–Kier alpha value is -1.41. The van der Waals surface area contributed by atoms with Crippen LogP contribution in [-0.4, -0.2) is 110 Å². The van der Waals surface area contributed by atoms with Crippen molar-refractivity contribution in [3.05, 3.63) is 24.3 Å². The second-order valence-electron chi connectivity index (χ2n) is 25.0. The monoisotopic (exact) mass is 1150 g/mol. The zero-order valence-electron chi connectivity index (χ0n) is 53.0. The van der Waals surface area contributed by atoms with Gasteiger partial charge >= 0.3 is 0 Å². The van der Waals surface area contributed by atoms with Gasteiger partial charge in [-0.3, -0.25) is 4.79 Å². The van der Waals surface area contributed by atoms with Gasteiger partial charge in [0.05, 0.1) is 25.4 Å². The van der Waals surface area contributed by atoms with Crippen molar-refractivity contribution in [2.45, 2.75) is 403 Å². The predicted octanol–water partition coefficient (Wildman–Crippen LogP) is 16.8. The Morgan fingerprint density at radius 3 is 1.10 bits per heavy atom. The summed E-state index contributed by atoms with van der Waals surface area (Å²) in [7, 11) is 0. The molecule has 480 valence electrons. The number of rotatable bonds is 62. The van der Waals surface area contributed by atoms with Crippen molar-refractivity contribution in [3.8, 4) is 0 Å². The molecule has 1 rings (SSSR count). The van der Waals surface area contributed by atoms with E-state index in [9.17, 15) is 40.5 Å². The van der Waals surface area contributed by atoms with E-state index in [1.54, 1.807) is 0 Å². The smallest absolute Gasteiger partial charge is 0.249 e. The molecule has 1 aliphatic heterocycles. The van der Waals surface area contributed by atoms with Gasteiger partial charge in [0.15, 0.2) is 6.29 Å². The zero-order valence-corrected chi connectivity index (χ0v) is 53.0. The third-order valence-electron chi connectivity index (χ3n) is 17.3. The molecule has 0 aliphatic carbocycles. The fraction of sp³-hybridized carbons (Fsp3) is 0.929. The molecule has 8 N–H and O–H groups in total. The summed E-state index contributed by atoms with van der Waals surface area (Å²) in [5.41, 5.74) is 0. The van der Waals surface area contributed by atoms with Gasteiger partial charge in [0.1, 0.15) is 36.6 Å². The van der Waals surface area contributed by atoms with Crippen molar-refractivity contribution in [3.63, 3.8) is 0 Å². The fourth-order valence-electron chi connectivity index (χ4n) is 11.6. The molecule has 1 heterocycles. The van der Waals surface area contributed by atoms with Crippen molar-refractivity contribution in [2.24, 2.45) is 0 Å². The van der Waals surface area contributed by atoms with Crippen LogP contribution < -0.4 is 5.32 Å². The highest BCUT2D eigenvalue weighted by Crippen LogP contribution is 2.24. The van der Waals surface area contributed by atoms with Crippen molar-refractivity contribution in [1.82, 2.24) is 5.32 Å². The number of aliphatic hydroxyl groups excluding tert-OH is 7. The molecule has 1 saturated heterocycles. The lowest BCUT2D eigenvalue weighted by atomic mass is 9.98. The third-order valence-corrected chi connectivity index (χ3v) is 17.3. The number of aliphatic hydroxyl groups is 7. The minimum Gasteiger partial charge on any atom is -0.394 e. The summed E-state index contributed by atoms with van der Waals surface area (Å²) in [5, 5.41) is 76.4. The molecule has 11 heteroatoms. The molecule has 0 aromatic rings. The maximum Gasteiger partial charge on any atom is 0.249 e. The van der Waals surface area contributed by atoms with E-state index < -0.39 is 74.2 Å². The minimum absolute atomic E-state index is 0.263. The molecule has 81 heavy (non-hydrogen) atoms. The average Bonchev–Trinajstić information content (AvgIpc) is 3.49. The summed E-state index contributed by atoms with van der Waals surface area (Å²) in [5.74, 6) is -0.691. The second kappa shape index (κ2) is 58.9. The van der Waals surface area contributed by atoms with Crippen LogP contribution >= 0.6 is 0 Å². The first-order valence-electron chi connectivity index (χ1n) is 35.2. The van der Waals surface area contributed by atoms with E-state index in [4.69, 9.17) is 9.47 Å².